The van der Waals surface area contributed by atoms with Gasteiger partial charge in [-0.3, -0.25) is 9.59 Å². The maximum absolute atomic E-state index is 12.6. The van der Waals surface area contributed by atoms with Crippen LogP contribution in [-0.2, 0) is 14.6 Å². The molecule has 9 heteroatoms. The molecule has 0 radical (unpaired) electrons. The highest BCUT2D eigenvalue weighted by molar-refractivity contribution is 7.91. The number of pyridine rings is 1. The molecule has 1 aromatic heterocycles. The second-order valence-electron chi connectivity index (χ2n) is 6.29. The van der Waals surface area contributed by atoms with Gasteiger partial charge in [-0.2, -0.15) is 0 Å². The molecule has 2 aliphatic rings. The van der Waals surface area contributed by atoms with Crippen LogP contribution in [-0.4, -0.2) is 85.9 Å². The van der Waals surface area contributed by atoms with Gasteiger partial charge in [-0.05, 0) is 18.6 Å². The molecule has 0 aromatic carbocycles. The average molecular weight is 367 g/mol. The second-order valence-corrected chi connectivity index (χ2v) is 8.51. The number of nitrogens with zero attached hydrogens (tertiary/aromatic N) is 3. The monoisotopic (exact) mass is 367 g/mol. The summed E-state index contributed by atoms with van der Waals surface area (Å²) < 4.78 is 28.4. The summed E-state index contributed by atoms with van der Waals surface area (Å²) in [6.45, 7) is 1.98. The van der Waals surface area contributed by atoms with Crippen molar-refractivity contribution in [1.29, 1.82) is 0 Å². The third-order valence-electron chi connectivity index (χ3n) is 4.56. The van der Waals surface area contributed by atoms with Gasteiger partial charge in [0.15, 0.2) is 9.84 Å². The summed E-state index contributed by atoms with van der Waals surface area (Å²) in [6.07, 6.45) is 0.428. The maximum atomic E-state index is 12.6. The molecule has 2 amide bonds. The SMILES string of the molecule is CN(C(=O)c1cccc(C(=O)N2CCOCC2)n1)C1CCS(=O)(=O)C1. The lowest BCUT2D eigenvalue weighted by molar-refractivity contribution is 0.0299. The van der Waals surface area contributed by atoms with E-state index in [4.69, 9.17) is 4.74 Å². The Kier molecular flexibility index (Phi) is 5.05. The van der Waals surface area contributed by atoms with Crippen molar-refractivity contribution in [2.45, 2.75) is 12.5 Å². The van der Waals surface area contributed by atoms with Crippen molar-refractivity contribution in [2.75, 3.05) is 44.9 Å². The molecule has 0 aliphatic carbocycles. The van der Waals surface area contributed by atoms with Crippen molar-refractivity contribution in [2.24, 2.45) is 0 Å². The first-order valence-electron chi connectivity index (χ1n) is 8.19. The molecular weight excluding hydrogens is 346 g/mol. The number of carbonyl (C=O) groups excluding carboxylic acids is 2. The molecule has 1 aromatic rings. The Morgan fingerprint density at radius 3 is 2.56 bits per heavy atom. The van der Waals surface area contributed by atoms with Crippen molar-refractivity contribution in [1.82, 2.24) is 14.8 Å². The molecule has 136 valence electrons. The summed E-state index contributed by atoms with van der Waals surface area (Å²) >= 11 is 0. The Hall–Kier alpha value is -2.00. The quantitative estimate of drug-likeness (QED) is 0.735. The Balaban J connectivity index is 1.74. The highest BCUT2D eigenvalue weighted by atomic mass is 32.2. The molecular formula is C16H21N3O5S. The molecule has 0 spiro atoms. The Morgan fingerprint density at radius 2 is 1.92 bits per heavy atom. The van der Waals surface area contributed by atoms with E-state index in [0.29, 0.717) is 32.7 Å². The molecule has 3 heterocycles. The number of aromatic nitrogens is 1. The van der Waals surface area contributed by atoms with Crippen LogP contribution in [0.5, 0.6) is 0 Å². The van der Waals surface area contributed by atoms with Crippen LogP contribution in [0.3, 0.4) is 0 Å². The summed E-state index contributed by atoms with van der Waals surface area (Å²) in [7, 11) is -1.50. The van der Waals surface area contributed by atoms with Crippen LogP contribution in [0.1, 0.15) is 27.4 Å². The number of hydrogen-bond acceptors (Lipinski definition) is 6. The van der Waals surface area contributed by atoms with Gasteiger partial charge in [-0.25, -0.2) is 13.4 Å². The number of carbonyl (C=O) groups is 2. The first-order valence-corrected chi connectivity index (χ1v) is 10.0. The number of rotatable bonds is 3. The largest absolute Gasteiger partial charge is 0.378 e. The van der Waals surface area contributed by atoms with Crippen molar-refractivity contribution in [3.63, 3.8) is 0 Å². The summed E-state index contributed by atoms with van der Waals surface area (Å²) in [5.41, 5.74) is 0.353. The zero-order valence-corrected chi connectivity index (χ0v) is 14.9. The summed E-state index contributed by atoms with van der Waals surface area (Å²) in [4.78, 5) is 32.4. The predicted molar refractivity (Wildman–Crippen MR) is 90.1 cm³/mol. The van der Waals surface area contributed by atoms with Crippen LogP contribution in [0.15, 0.2) is 18.2 Å². The van der Waals surface area contributed by atoms with E-state index >= 15 is 0 Å². The molecule has 2 fully saturated rings. The highest BCUT2D eigenvalue weighted by Gasteiger charge is 2.33. The lowest BCUT2D eigenvalue weighted by Gasteiger charge is -2.27. The van der Waals surface area contributed by atoms with E-state index in [1.807, 2.05) is 0 Å². The third kappa shape index (κ3) is 3.98. The molecule has 8 nitrogen and oxygen atoms in total. The molecule has 25 heavy (non-hydrogen) atoms. The van der Waals surface area contributed by atoms with Crippen LogP contribution in [0.2, 0.25) is 0 Å². The van der Waals surface area contributed by atoms with E-state index in [1.54, 1.807) is 30.1 Å². The molecule has 1 unspecified atom stereocenters. The van der Waals surface area contributed by atoms with Gasteiger partial charge in [0.05, 0.1) is 24.7 Å². The first-order chi connectivity index (χ1) is 11.9. The van der Waals surface area contributed by atoms with Gasteiger partial charge in [0.25, 0.3) is 11.8 Å². The topological polar surface area (TPSA) is 96.9 Å². The van der Waals surface area contributed by atoms with Gasteiger partial charge in [0.1, 0.15) is 11.4 Å². The lowest BCUT2D eigenvalue weighted by atomic mass is 10.2. The van der Waals surface area contributed by atoms with E-state index in [2.05, 4.69) is 4.98 Å². The fourth-order valence-electron chi connectivity index (χ4n) is 3.03. The fraction of sp³-hybridized carbons (Fsp3) is 0.562. The number of morpholine rings is 1. The van der Waals surface area contributed by atoms with Crippen LogP contribution in [0, 0.1) is 0 Å². The minimum atomic E-state index is -3.08. The van der Waals surface area contributed by atoms with Crippen molar-refractivity contribution >= 4 is 21.7 Å². The Labute approximate surface area is 146 Å². The normalized spacial score (nSPS) is 22.6. The maximum Gasteiger partial charge on any atom is 0.272 e. The highest BCUT2D eigenvalue weighted by Crippen LogP contribution is 2.18. The molecule has 2 aliphatic heterocycles. The molecule has 0 bridgehead atoms. The van der Waals surface area contributed by atoms with E-state index in [1.165, 1.54) is 4.90 Å². The van der Waals surface area contributed by atoms with Gasteiger partial charge in [0.2, 0.25) is 0 Å². The standard InChI is InChI=1S/C16H21N3O5S/c1-18(12-5-10-25(22,23)11-12)15(20)13-3-2-4-14(17-13)16(21)19-6-8-24-9-7-19/h2-4,12H,5-11H2,1H3. The average Bonchev–Trinajstić information content (AvgIpc) is 3.00. The molecule has 0 N–H and O–H groups in total. The Bertz CT molecular complexity index is 774. The van der Waals surface area contributed by atoms with Crippen LogP contribution < -0.4 is 0 Å². The van der Waals surface area contributed by atoms with Crippen molar-refractivity contribution in [3.8, 4) is 0 Å². The van der Waals surface area contributed by atoms with Gasteiger partial charge < -0.3 is 14.5 Å². The summed E-state index contributed by atoms with van der Waals surface area (Å²) in [5.74, 6) is -0.539. The predicted octanol–water partition coefficient (Wildman–Crippen LogP) is -0.187. The summed E-state index contributed by atoms with van der Waals surface area (Å²) in [5, 5.41) is 0. The van der Waals surface area contributed by atoms with Crippen LogP contribution in [0.25, 0.3) is 0 Å². The van der Waals surface area contributed by atoms with E-state index in [0.717, 1.165) is 0 Å². The first kappa shape index (κ1) is 17.8. The second kappa shape index (κ2) is 7.09. The molecule has 0 saturated carbocycles. The smallest absolute Gasteiger partial charge is 0.272 e. The zero-order chi connectivity index (χ0) is 18.0. The fourth-order valence-corrected chi connectivity index (χ4v) is 4.80. The molecule has 1 atom stereocenters. The number of amides is 2. The number of hydrogen-bond donors (Lipinski definition) is 0. The minimum absolute atomic E-state index is 0.0262. The number of ether oxygens (including phenoxy) is 1. The van der Waals surface area contributed by atoms with Gasteiger partial charge in [-0.15, -0.1) is 0 Å². The third-order valence-corrected chi connectivity index (χ3v) is 6.31. The van der Waals surface area contributed by atoms with E-state index in [-0.39, 0.29) is 40.7 Å². The van der Waals surface area contributed by atoms with Gasteiger partial charge in [-0.1, -0.05) is 6.07 Å². The van der Waals surface area contributed by atoms with Crippen LogP contribution >= 0.6 is 0 Å². The van der Waals surface area contributed by atoms with E-state index in [9.17, 15) is 18.0 Å². The molecule has 3 rings (SSSR count). The van der Waals surface area contributed by atoms with E-state index < -0.39 is 9.84 Å². The zero-order valence-electron chi connectivity index (χ0n) is 14.1. The van der Waals surface area contributed by atoms with Crippen LogP contribution in [0.4, 0.5) is 0 Å². The van der Waals surface area contributed by atoms with Crippen molar-refractivity contribution in [3.05, 3.63) is 29.6 Å². The van der Waals surface area contributed by atoms with Gasteiger partial charge >= 0.3 is 0 Å². The number of sulfone groups is 1. The minimum Gasteiger partial charge on any atom is -0.378 e. The lowest BCUT2D eigenvalue weighted by Crippen LogP contribution is -2.41. The Morgan fingerprint density at radius 1 is 1.24 bits per heavy atom. The van der Waals surface area contributed by atoms with Crippen molar-refractivity contribution < 1.29 is 22.7 Å². The summed E-state index contributed by atoms with van der Waals surface area (Å²) in [6, 6.07) is 4.39. The molecule has 2 saturated heterocycles. The van der Waals surface area contributed by atoms with Gasteiger partial charge in [0, 0.05) is 26.2 Å².